The lowest BCUT2D eigenvalue weighted by atomic mass is 9.69. The number of anilines is 1. The van der Waals surface area contributed by atoms with Crippen LogP contribution in [0.25, 0.3) is 0 Å². The summed E-state index contributed by atoms with van der Waals surface area (Å²) in [5, 5.41) is 14.4. The first-order chi connectivity index (χ1) is 17.7. The number of rotatable bonds is 5. The molecule has 0 saturated carbocycles. The maximum Gasteiger partial charge on any atom is 0.237 e. The van der Waals surface area contributed by atoms with E-state index >= 15 is 0 Å². The zero-order chi connectivity index (χ0) is 26.3. The normalized spacial score (nSPS) is 22.2. The number of amides is 1. The van der Waals surface area contributed by atoms with E-state index in [0.29, 0.717) is 34.8 Å². The van der Waals surface area contributed by atoms with Gasteiger partial charge in [-0.15, -0.1) is 0 Å². The third kappa shape index (κ3) is 4.67. The van der Waals surface area contributed by atoms with Gasteiger partial charge < -0.3 is 15.0 Å². The Morgan fingerprint density at radius 3 is 2.62 bits per heavy atom. The summed E-state index contributed by atoms with van der Waals surface area (Å²) in [5.74, 6) is 0.511. The van der Waals surface area contributed by atoms with E-state index in [1.54, 1.807) is 7.11 Å². The zero-order valence-electron chi connectivity index (χ0n) is 21.6. The molecule has 0 radical (unpaired) electrons. The van der Waals surface area contributed by atoms with Gasteiger partial charge in [-0.2, -0.15) is 5.26 Å². The fraction of sp³-hybridized carbons (Fsp3) is 0.367. The van der Waals surface area contributed by atoms with Gasteiger partial charge in [0.2, 0.25) is 5.91 Å². The standard InChI is InChI=1S/C30H31N3O3S/c1-18-13-20-7-5-6-8-24(20)33(18)26(35)17-37-29-22(16-31)27(19-9-11-21(36-4)12-10-19)28-23(32-29)14-30(2,3)15-25(28)34/h5-12,18,27,32H,13-15,17H2,1-4H3/t18-,27+/m1/s1. The highest BCUT2D eigenvalue weighted by atomic mass is 32.2. The average Bonchev–Trinajstić information content (AvgIpc) is 3.21. The predicted octanol–water partition coefficient (Wildman–Crippen LogP) is 5.47. The number of para-hydroxylation sites is 1. The van der Waals surface area contributed by atoms with Crippen LogP contribution in [0.1, 0.15) is 50.7 Å². The first-order valence-electron chi connectivity index (χ1n) is 12.6. The minimum atomic E-state index is -0.472. The first-order valence-corrected chi connectivity index (χ1v) is 13.5. The van der Waals surface area contributed by atoms with Crippen molar-refractivity contribution < 1.29 is 14.3 Å². The lowest BCUT2D eigenvalue weighted by Crippen LogP contribution is -2.38. The molecular formula is C30H31N3O3S. The van der Waals surface area contributed by atoms with Crippen LogP contribution >= 0.6 is 11.8 Å². The summed E-state index contributed by atoms with van der Waals surface area (Å²) in [6, 6.07) is 18.0. The number of fused-ring (bicyclic) bond motifs is 1. The van der Waals surface area contributed by atoms with E-state index in [0.717, 1.165) is 23.4 Å². The van der Waals surface area contributed by atoms with Crippen molar-refractivity contribution >= 4 is 29.1 Å². The quantitative estimate of drug-likeness (QED) is 0.571. The second kappa shape index (κ2) is 9.75. The number of Topliss-reactive ketones (excluding diaryl/α,β-unsaturated/α-hetero) is 1. The number of ether oxygens (including phenoxy) is 1. The minimum Gasteiger partial charge on any atom is -0.497 e. The third-order valence-corrected chi connectivity index (χ3v) is 8.39. The Balaban J connectivity index is 1.48. The van der Waals surface area contributed by atoms with Crippen LogP contribution in [0.4, 0.5) is 5.69 Å². The van der Waals surface area contributed by atoms with E-state index < -0.39 is 5.92 Å². The number of carbonyl (C=O) groups is 2. The summed E-state index contributed by atoms with van der Waals surface area (Å²) in [6.45, 7) is 6.24. The van der Waals surface area contributed by atoms with E-state index in [4.69, 9.17) is 4.74 Å². The minimum absolute atomic E-state index is 0.00913. The molecule has 0 fully saturated rings. The summed E-state index contributed by atoms with van der Waals surface area (Å²) >= 11 is 1.35. The number of carbonyl (C=O) groups excluding carboxylic acids is 2. The van der Waals surface area contributed by atoms with Gasteiger partial charge in [0.25, 0.3) is 0 Å². The number of nitrogens with one attached hydrogen (secondary N) is 1. The molecule has 2 aromatic carbocycles. The van der Waals surface area contributed by atoms with Crippen molar-refractivity contribution in [3.63, 3.8) is 0 Å². The highest BCUT2D eigenvalue weighted by molar-refractivity contribution is 8.03. The van der Waals surface area contributed by atoms with Gasteiger partial charge in [0.05, 0.1) is 35.5 Å². The van der Waals surface area contributed by atoms with Gasteiger partial charge in [-0.3, -0.25) is 9.59 Å². The molecular weight excluding hydrogens is 482 g/mol. The summed E-state index contributed by atoms with van der Waals surface area (Å²) in [5.41, 5.74) is 4.83. The summed E-state index contributed by atoms with van der Waals surface area (Å²) in [4.78, 5) is 28.7. The molecule has 1 aliphatic carbocycles. The molecule has 0 unspecified atom stereocenters. The Labute approximate surface area is 222 Å². The van der Waals surface area contributed by atoms with Crippen molar-refractivity contribution in [3.8, 4) is 11.8 Å². The van der Waals surface area contributed by atoms with Gasteiger partial charge in [0.1, 0.15) is 5.75 Å². The Bertz CT molecular complexity index is 1370. The van der Waals surface area contributed by atoms with Crippen molar-refractivity contribution in [3.05, 3.63) is 81.5 Å². The second-order valence-electron chi connectivity index (χ2n) is 10.8. The lowest BCUT2D eigenvalue weighted by molar-refractivity contribution is -0.118. The number of nitriles is 1. The molecule has 0 saturated heterocycles. The predicted molar refractivity (Wildman–Crippen MR) is 146 cm³/mol. The van der Waals surface area contributed by atoms with Gasteiger partial charge in [0, 0.05) is 29.4 Å². The molecule has 5 rings (SSSR count). The summed E-state index contributed by atoms with van der Waals surface area (Å²) in [7, 11) is 1.61. The molecule has 7 heteroatoms. The van der Waals surface area contributed by atoms with Crippen molar-refractivity contribution in [1.29, 1.82) is 5.26 Å². The van der Waals surface area contributed by atoms with Crippen molar-refractivity contribution in [2.75, 3.05) is 17.8 Å². The largest absolute Gasteiger partial charge is 0.497 e. The number of hydrogen-bond donors (Lipinski definition) is 1. The average molecular weight is 514 g/mol. The molecule has 0 spiro atoms. The van der Waals surface area contributed by atoms with Crippen LogP contribution in [-0.2, 0) is 16.0 Å². The number of hydrogen-bond acceptors (Lipinski definition) is 6. The van der Waals surface area contributed by atoms with Gasteiger partial charge >= 0.3 is 0 Å². The SMILES string of the molecule is COc1ccc([C@H]2C(C#N)=C(SCC(=O)N3c4ccccc4C[C@H]3C)NC3=C2C(=O)CC(C)(C)C3)cc1. The third-order valence-electron chi connectivity index (χ3n) is 7.39. The van der Waals surface area contributed by atoms with Crippen LogP contribution in [0.2, 0.25) is 0 Å². The molecule has 0 bridgehead atoms. The first kappa shape index (κ1) is 25.2. The van der Waals surface area contributed by atoms with Crippen LogP contribution < -0.4 is 15.0 Å². The smallest absolute Gasteiger partial charge is 0.237 e. The van der Waals surface area contributed by atoms with E-state index in [9.17, 15) is 14.9 Å². The molecule has 3 aliphatic rings. The molecule has 37 heavy (non-hydrogen) atoms. The van der Waals surface area contributed by atoms with Crippen LogP contribution in [0.5, 0.6) is 5.75 Å². The highest BCUT2D eigenvalue weighted by Crippen LogP contribution is 2.48. The Morgan fingerprint density at radius 2 is 1.92 bits per heavy atom. The van der Waals surface area contributed by atoms with Gasteiger partial charge in [-0.1, -0.05) is 55.9 Å². The fourth-order valence-corrected chi connectivity index (χ4v) is 6.69. The maximum absolute atomic E-state index is 13.4. The number of allylic oxidation sites excluding steroid dienone is 3. The molecule has 1 amide bonds. The lowest BCUT2D eigenvalue weighted by Gasteiger charge is -2.39. The van der Waals surface area contributed by atoms with Crippen molar-refractivity contribution in [1.82, 2.24) is 5.32 Å². The number of thioether (sulfide) groups is 1. The van der Waals surface area contributed by atoms with E-state index in [2.05, 4.69) is 38.2 Å². The molecule has 2 atom stereocenters. The van der Waals surface area contributed by atoms with E-state index in [1.165, 1.54) is 17.3 Å². The number of nitrogens with zero attached hydrogens (tertiary/aromatic N) is 2. The number of dihydropyridines is 1. The van der Waals surface area contributed by atoms with Crippen LogP contribution in [-0.4, -0.2) is 30.6 Å². The molecule has 2 aromatic rings. The molecule has 6 nitrogen and oxygen atoms in total. The Morgan fingerprint density at radius 1 is 1.19 bits per heavy atom. The number of methoxy groups -OCH3 is 1. The van der Waals surface area contributed by atoms with Gasteiger partial charge in [-0.25, -0.2) is 0 Å². The van der Waals surface area contributed by atoms with Gasteiger partial charge in [-0.05, 0) is 54.5 Å². The monoisotopic (exact) mass is 513 g/mol. The summed E-state index contributed by atoms with van der Waals surface area (Å²) < 4.78 is 5.32. The Kier molecular flexibility index (Phi) is 6.63. The number of ketones is 1. The highest BCUT2D eigenvalue weighted by Gasteiger charge is 2.42. The fourth-order valence-electron chi connectivity index (χ4n) is 5.77. The summed E-state index contributed by atoms with van der Waals surface area (Å²) in [6.07, 6.45) is 1.98. The van der Waals surface area contributed by atoms with E-state index in [1.807, 2.05) is 47.4 Å². The van der Waals surface area contributed by atoms with Crippen LogP contribution in [0, 0.1) is 16.7 Å². The van der Waals surface area contributed by atoms with Crippen LogP contribution in [0.15, 0.2) is 70.4 Å². The van der Waals surface area contributed by atoms with E-state index in [-0.39, 0.29) is 28.9 Å². The second-order valence-corrected chi connectivity index (χ2v) is 11.7. The van der Waals surface area contributed by atoms with Crippen molar-refractivity contribution in [2.24, 2.45) is 5.41 Å². The zero-order valence-corrected chi connectivity index (χ0v) is 22.4. The molecule has 190 valence electrons. The molecule has 1 N–H and O–H groups in total. The van der Waals surface area contributed by atoms with Gasteiger partial charge in [0.15, 0.2) is 5.78 Å². The molecule has 0 aromatic heterocycles. The molecule has 2 heterocycles. The van der Waals surface area contributed by atoms with Crippen LogP contribution in [0.3, 0.4) is 0 Å². The maximum atomic E-state index is 13.4. The topological polar surface area (TPSA) is 82.4 Å². The molecule has 2 aliphatic heterocycles. The Hall–Kier alpha value is -3.50. The number of benzene rings is 2. The van der Waals surface area contributed by atoms with Crippen molar-refractivity contribution in [2.45, 2.75) is 52.0 Å².